The maximum Gasteiger partial charge on any atom is 0.411 e. The summed E-state index contributed by atoms with van der Waals surface area (Å²) in [6.07, 6.45) is 2.93. The van der Waals surface area contributed by atoms with E-state index in [0.717, 1.165) is 35.7 Å². The van der Waals surface area contributed by atoms with Crippen LogP contribution in [-0.2, 0) is 19.6 Å². The van der Waals surface area contributed by atoms with Crippen LogP contribution in [0.2, 0.25) is 0 Å². The Kier molecular flexibility index (Phi) is 6.50. The van der Waals surface area contributed by atoms with Crippen molar-refractivity contribution in [2.75, 3.05) is 22.7 Å². The van der Waals surface area contributed by atoms with E-state index >= 15 is 0 Å². The average Bonchev–Trinajstić information content (AvgIpc) is 3.46. The highest BCUT2D eigenvalue weighted by atomic mass is 32.2. The van der Waals surface area contributed by atoms with Crippen molar-refractivity contribution in [2.24, 2.45) is 11.8 Å². The predicted octanol–water partition coefficient (Wildman–Crippen LogP) is 3.66. The van der Waals surface area contributed by atoms with Gasteiger partial charge in [-0.1, -0.05) is 0 Å². The van der Waals surface area contributed by atoms with Gasteiger partial charge in [0.05, 0.1) is 23.7 Å². The molecule has 2 aliphatic carbocycles. The SMILES string of the molecule is CC(=O)NC[C@H]1CN(S(=O)(=O)c2ccc(F)cc2)c2cc(NC(=O)OC3CC4CCC3C4)ccc2O1. The van der Waals surface area contributed by atoms with Gasteiger partial charge in [-0.05, 0) is 80.0 Å². The van der Waals surface area contributed by atoms with E-state index in [2.05, 4.69) is 10.6 Å². The quantitative estimate of drug-likeness (QED) is 0.605. The molecular weight excluding hydrogens is 489 g/mol. The van der Waals surface area contributed by atoms with Crippen LogP contribution in [0.1, 0.15) is 32.6 Å². The zero-order valence-corrected chi connectivity index (χ0v) is 20.6. The van der Waals surface area contributed by atoms with Gasteiger partial charge in [0.25, 0.3) is 10.0 Å². The molecule has 2 N–H and O–H groups in total. The van der Waals surface area contributed by atoms with Crippen LogP contribution in [0.3, 0.4) is 0 Å². The van der Waals surface area contributed by atoms with Gasteiger partial charge in [0.2, 0.25) is 5.91 Å². The third-order valence-corrected chi connectivity index (χ3v) is 8.84. The molecule has 3 aliphatic rings. The molecule has 2 aromatic carbocycles. The van der Waals surface area contributed by atoms with Gasteiger partial charge in [-0.3, -0.25) is 14.4 Å². The molecule has 0 aromatic heterocycles. The van der Waals surface area contributed by atoms with Crippen molar-refractivity contribution in [3.63, 3.8) is 0 Å². The molecule has 2 fully saturated rings. The highest BCUT2D eigenvalue weighted by Crippen LogP contribution is 2.46. The van der Waals surface area contributed by atoms with Crippen molar-refractivity contribution >= 4 is 33.4 Å². The first-order chi connectivity index (χ1) is 17.2. The number of hydrogen-bond acceptors (Lipinski definition) is 6. The first-order valence-electron chi connectivity index (χ1n) is 12.0. The molecule has 1 aliphatic heterocycles. The Hall–Kier alpha value is -3.34. The van der Waals surface area contributed by atoms with Crippen LogP contribution >= 0.6 is 0 Å². The van der Waals surface area contributed by atoms with E-state index in [9.17, 15) is 22.4 Å². The smallest absolute Gasteiger partial charge is 0.411 e. The van der Waals surface area contributed by atoms with E-state index in [4.69, 9.17) is 9.47 Å². The number of anilines is 2. The van der Waals surface area contributed by atoms with E-state index in [1.54, 1.807) is 12.1 Å². The van der Waals surface area contributed by atoms with E-state index in [-0.39, 0.29) is 41.4 Å². The summed E-state index contributed by atoms with van der Waals surface area (Å²) in [6, 6.07) is 9.21. The fraction of sp³-hybridized carbons (Fsp3) is 0.440. The molecule has 1 heterocycles. The molecule has 0 saturated heterocycles. The molecule has 3 unspecified atom stereocenters. The first kappa shape index (κ1) is 24.4. The standard InChI is InChI=1S/C25H28FN3O6S/c1-15(30)27-13-20-14-29(36(32,33)21-7-4-18(26)5-8-21)22-12-19(6-9-23(22)34-20)28-25(31)35-24-11-16-2-3-17(24)10-16/h4-9,12,16-17,20,24H,2-3,10-11,13-14H2,1H3,(H,27,30)(H,28,31)/t16?,17?,20-,24?/m0/s1. The summed E-state index contributed by atoms with van der Waals surface area (Å²) in [5.74, 6) is 0.486. The van der Waals surface area contributed by atoms with Crippen LogP contribution in [0, 0.1) is 17.7 Å². The molecule has 2 aromatic rings. The lowest BCUT2D eigenvalue weighted by Crippen LogP contribution is -2.48. The maximum atomic E-state index is 13.5. The number of halogens is 1. The summed E-state index contributed by atoms with van der Waals surface area (Å²) in [6.45, 7) is 1.36. The Labute approximate surface area is 209 Å². The minimum Gasteiger partial charge on any atom is -0.484 e. The number of ether oxygens (including phenoxy) is 2. The molecule has 2 saturated carbocycles. The van der Waals surface area contributed by atoms with Gasteiger partial charge in [-0.15, -0.1) is 0 Å². The highest BCUT2D eigenvalue weighted by molar-refractivity contribution is 7.92. The first-order valence-corrected chi connectivity index (χ1v) is 13.4. The molecule has 9 nitrogen and oxygen atoms in total. The van der Waals surface area contributed by atoms with E-state index in [1.807, 2.05) is 0 Å². The summed E-state index contributed by atoms with van der Waals surface area (Å²) in [5.41, 5.74) is 0.571. The summed E-state index contributed by atoms with van der Waals surface area (Å²) >= 11 is 0. The van der Waals surface area contributed by atoms with E-state index in [1.165, 1.54) is 31.5 Å². The average molecular weight is 518 g/mol. The lowest BCUT2D eigenvalue weighted by atomic mass is 9.98. The summed E-state index contributed by atoms with van der Waals surface area (Å²) in [5, 5.41) is 5.34. The van der Waals surface area contributed by atoms with Gasteiger partial charge in [0.1, 0.15) is 23.8 Å². The second-order valence-corrected chi connectivity index (χ2v) is 11.5. The van der Waals surface area contributed by atoms with Gasteiger partial charge in [-0.25, -0.2) is 17.6 Å². The third kappa shape index (κ3) is 4.97. The fourth-order valence-electron chi connectivity index (χ4n) is 5.33. The Morgan fingerprint density at radius 3 is 2.58 bits per heavy atom. The molecule has 2 amide bonds. The summed E-state index contributed by atoms with van der Waals surface area (Å²) in [4.78, 5) is 23.9. The zero-order valence-electron chi connectivity index (χ0n) is 19.8. The lowest BCUT2D eigenvalue weighted by Gasteiger charge is -2.35. The van der Waals surface area contributed by atoms with Gasteiger partial charge >= 0.3 is 6.09 Å². The van der Waals surface area contributed by atoms with Crippen LogP contribution in [-0.4, -0.2) is 45.7 Å². The number of carbonyl (C=O) groups excluding carboxylic acids is 2. The maximum absolute atomic E-state index is 13.5. The third-order valence-electron chi connectivity index (χ3n) is 7.05. The molecule has 4 atom stereocenters. The molecule has 5 rings (SSSR count). The van der Waals surface area contributed by atoms with Crippen LogP contribution < -0.4 is 19.7 Å². The number of benzene rings is 2. The monoisotopic (exact) mass is 517 g/mol. The number of rotatable bonds is 6. The Morgan fingerprint density at radius 2 is 1.92 bits per heavy atom. The highest BCUT2D eigenvalue weighted by Gasteiger charge is 2.42. The molecule has 0 radical (unpaired) electrons. The van der Waals surface area contributed by atoms with Crippen molar-refractivity contribution in [1.82, 2.24) is 5.32 Å². The summed E-state index contributed by atoms with van der Waals surface area (Å²) < 4.78 is 53.2. The molecular formula is C25H28FN3O6S. The molecule has 192 valence electrons. The van der Waals surface area contributed by atoms with Gasteiger partial charge in [0.15, 0.2) is 0 Å². The van der Waals surface area contributed by atoms with Gasteiger partial charge < -0.3 is 14.8 Å². The van der Waals surface area contributed by atoms with Crippen molar-refractivity contribution in [3.8, 4) is 5.75 Å². The van der Waals surface area contributed by atoms with Crippen LogP contribution in [0.15, 0.2) is 47.4 Å². The summed E-state index contributed by atoms with van der Waals surface area (Å²) in [7, 11) is -4.10. The number of carbonyl (C=O) groups is 2. The van der Waals surface area contributed by atoms with Crippen molar-refractivity contribution < 1.29 is 31.9 Å². The van der Waals surface area contributed by atoms with Crippen LogP contribution in [0.4, 0.5) is 20.6 Å². The molecule has 2 bridgehead atoms. The predicted molar refractivity (Wildman–Crippen MR) is 130 cm³/mol. The van der Waals surface area contributed by atoms with Crippen LogP contribution in [0.25, 0.3) is 0 Å². The van der Waals surface area contributed by atoms with Gasteiger partial charge in [-0.2, -0.15) is 0 Å². The van der Waals surface area contributed by atoms with E-state index < -0.39 is 28.0 Å². The number of fused-ring (bicyclic) bond motifs is 3. The number of amides is 2. The Bertz CT molecular complexity index is 1270. The molecule has 36 heavy (non-hydrogen) atoms. The Balaban J connectivity index is 1.39. The van der Waals surface area contributed by atoms with Gasteiger partial charge in [0, 0.05) is 12.6 Å². The number of sulfonamides is 1. The number of nitrogens with zero attached hydrogens (tertiary/aromatic N) is 1. The van der Waals surface area contributed by atoms with Crippen LogP contribution in [0.5, 0.6) is 5.75 Å². The number of nitrogens with one attached hydrogen (secondary N) is 2. The second kappa shape index (κ2) is 9.61. The topological polar surface area (TPSA) is 114 Å². The van der Waals surface area contributed by atoms with Crippen molar-refractivity contribution in [1.29, 1.82) is 0 Å². The minimum atomic E-state index is -4.10. The van der Waals surface area contributed by atoms with Crippen molar-refractivity contribution in [2.45, 2.75) is 49.7 Å². The molecule has 0 spiro atoms. The lowest BCUT2D eigenvalue weighted by molar-refractivity contribution is -0.119. The fourth-order valence-corrected chi connectivity index (χ4v) is 6.83. The Morgan fingerprint density at radius 1 is 1.14 bits per heavy atom. The minimum absolute atomic E-state index is 0.0883. The zero-order chi connectivity index (χ0) is 25.4. The van der Waals surface area contributed by atoms with Crippen molar-refractivity contribution in [3.05, 3.63) is 48.3 Å². The number of hydrogen-bond donors (Lipinski definition) is 2. The van der Waals surface area contributed by atoms with E-state index in [0.29, 0.717) is 17.5 Å². The molecule has 11 heteroatoms. The largest absolute Gasteiger partial charge is 0.484 e. The normalized spacial score (nSPS) is 24.6. The second-order valence-electron chi connectivity index (χ2n) is 9.59.